The number of ether oxygens (including phenoxy) is 2. The van der Waals surface area contributed by atoms with Crippen LogP contribution in [0.25, 0.3) is 0 Å². The van der Waals surface area contributed by atoms with E-state index in [1.807, 2.05) is 31.2 Å². The summed E-state index contributed by atoms with van der Waals surface area (Å²) in [5.41, 5.74) is 3.10. The number of thiocarbonyl (C=S) groups is 1. The lowest BCUT2D eigenvalue weighted by atomic mass is 10.1. The predicted octanol–water partition coefficient (Wildman–Crippen LogP) is 4.39. The smallest absolute Gasteiger partial charge is 0.261 e. The highest BCUT2D eigenvalue weighted by Crippen LogP contribution is 2.25. The molecular formula is C24H23N3O4S. The molecular weight excluding hydrogens is 426 g/mol. The number of carbonyl (C=O) groups excluding carboxylic acids is 2. The van der Waals surface area contributed by atoms with Crippen LogP contribution in [0.1, 0.15) is 26.3 Å². The SMILES string of the molecule is COc1ccc(C(=O)NC(=S)Nc2ccc(NC(=O)c3ccccc3)c(C)c2)c(OC)c1. The number of aryl methyl sites for hydroxylation is 1. The van der Waals surface area contributed by atoms with E-state index in [-0.39, 0.29) is 11.0 Å². The summed E-state index contributed by atoms with van der Waals surface area (Å²) in [6.07, 6.45) is 0. The van der Waals surface area contributed by atoms with Crippen molar-refractivity contribution in [1.82, 2.24) is 5.32 Å². The monoisotopic (exact) mass is 449 g/mol. The summed E-state index contributed by atoms with van der Waals surface area (Å²) in [5.74, 6) is 0.351. The van der Waals surface area contributed by atoms with Gasteiger partial charge < -0.3 is 20.1 Å². The highest BCUT2D eigenvalue weighted by molar-refractivity contribution is 7.80. The number of hydrogen-bond acceptors (Lipinski definition) is 5. The second-order valence-corrected chi connectivity index (χ2v) is 7.23. The molecule has 3 N–H and O–H groups in total. The van der Waals surface area contributed by atoms with Gasteiger partial charge in [-0.1, -0.05) is 18.2 Å². The van der Waals surface area contributed by atoms with E-state index in [0.717, 1.165) is 5.56 Å². The van der Waals surface area contributed by atoms with Crippen LogP contribution >= 0.6 is 12.2 Å². The van der Waals surface area contributed by atoms with Gasteiger partial charge in [0.15, 0.2) is 5.11 Å². The maximum Gasteiger partial charge on any atom is 0.261 e. The number of benzene rings is 3. The van der Waals surface area contributed by atoms with E-state index in [1.165, 1.54) is 14.2 Å². The van der Waals surface area contributed by atoms with Crippen molar-refractivity contribution in [2.24, 2.45) is 0 Å². The van der Waals surface area contributed by atoms with Crippen molar-refractivity contribution in [1.29, 1.82) is 0 Å². The third-order valence-corrected chi connectivity index (χ3v) is 4.85. The molecule has 3 rings (SSSR count). The molecule has 3 aromatic rings. The average Bonchev–Trinajstić information content (AvgIpc) is 2.80. The van der Waals surface area contributed by atoms with E-state index in [9.17, 15) is 9.59 Å². The van der Waals surface area contributed by atoms with Crippen LogP contribution in [0.4, 0.5) is 11.4 Å². The molecule has 0 saturated carbocycles. The molecule has 0 aromatic heterocycles. The van der Waals surface area contributed by atoms with E-state index in [2.05, 4.69) is 16.0 Å². The van der Waals surface area contributed by atoms with Gasteiger partial charge in [-0.05, 0) is 67.2 Å². The molecule has 0 spiro atoms. The molecule has 0 heterocycles. The first kappa shape index (κ1) is 22.8. The highest BCUT2D eigenvalue weighted by Gasteiger charge is 2.15. The third kappa shape index (κ3) is 5.61. The minimum absolute atomic E-state index is 0.133. The van der Waals surface area contributed by atoms with Crippen LogP contribution in [-0.2, 0) is 0 Å². The van der Waals surface area contributed by atoms with Gasteiger partial charge in [-0.2, -0.15) is 0 Å². The Morgan fingerprint density at radius 1 is 0.844 bits per heavy atom. The first-order valence-electron chi connectivity index (χ1n) is 9.72. The standard InChI is InChI=1S/C24H23N3O4S/c1-15-13-17(9-12-20(15)26-22(28)16-7-5-4-6-8-16)25-24(32)27-23(29)19-11-10-18(30-2)14-21(19)31-3/h4-14H,1-3H3,(H,26,28)(H2,25,27,29,32). The molecule has 2 amide bonds. The highest BCUT2D eigenvalue weighted by atomic mass is 32.1. The number of methoxy groups -OCH3 is 2. The minimum Gasteiger partial charge on any atom is -0.497 e. The molecule has 0 unspecified atom stereocenters. The average molecular weight is 450 g/mol. The maximum absolute atomic E-state index is 12.6. The molecule has 0 aliphatic carbocycles. The molecule has 0 aliphatic heterocycles. The molecule has 0 aliphatic rings. The van der Waals surface area contributed by atoms with Crippen molar-refractivity contribution in [2.75, 3.05) is 24.9 Å². The van der Waals surface area contributed by atoms with Gasteiger partial charge in [-0.25, -0.2) is 0 Å². The lowest BCUT2D eigenvalue weighted by molar-refractivity contribution is 0.0973. The zero-order valence-electron chi connectivity index (χ0n) is 17.9. The van der Waals surface area contributed by atoms with Crippen molar-refractivity contribution in [3.63, 3.8) is 0 Å². The number of amides is 2. The van der Waals surface area contributed by atoms with E-state index in [0.29, 0.717) is 34.0 Å². The van der Waals surface area contributed by atoms with E-state index >= 15 is 0 Å². The van der Waals surface area contributed by atoms with E-state index in [1.54, 1.807) is 42.5 Å². The number of anilines is 2. The zero-order chi connectivity index (χ0) is 23.1. The maximum atomic E-state index is 12.6. The Morgan fingerprint density at radius 2 is 1.59 bits per heavy atom. The fourth-order valence-corrected chi connectivity index (χ4v) is 3.20. The molecule has 0 atom stereocenters. The van der Waals surface area contributed by atoms with Gasteiger partial charge in [0, 0.05) is 23.0 Å². The number of hydrogen-bond donors (Lipinski definition) is 3. The minimum atomic E-state index is -0.412. The summed E-state index contributed by atoms with van der Waals surface area (Å²) in [6, 6.07) is 19.2. The molecule has 164 valence electrons. The second-order valence-electron chi connectivity index (χ2n) is 6.82. The van der Waals surface area contributed by atoms with Gasteiger partial charge in [0.1, 0.15) is 11.5 Å². The van der Waals surface area contributed by atoms with Crippen LogP contribution in [0.3, 0.4) is 0 Å². The van der Waals surface area contributed by atoms with Gasteiger partial charge in [0.25, 0.3) is 11.8 Å². The van der Waals surface area contributed by atoms with Crippen molar-refractivity contribution in [3.05, 3.63) is 83.4 Å². The quantitative estimate of drug-likeness (QED) is 0.484. The normalized spacial score (nSPS) is 10.1. The topological polar surface area (TPSA) is 88.7 Å². The summed E-state index contributed by atoms with van der Waals surface area (Å²) in [7, 11) is 3.01. The Bertz CT molecular complexity index is 1150. The Kier molecular flexibility index (Phi) is 7.41. The van der Waals surface area contributed by atoms with Crippen LogP contribution in [-0.4, -0.2) is 31.1 Å². The number of carbonyl (C=O) groups is 2. The largest absolute Gasteiger partial charge is 0.497 e. The molecule has 0 radical (unpaired) electrons. The van der Waals surface area contributed by atoms with Gasteiger partial charge in [0.2, 0.25) is 0 Å². The fourth-order valence-electron chi connectivity index (χ4n) is 2.98. The molecule has 0 bridgehead atoms. The van der Waals surface area contributed by atoms with Crippen molar-refractivity contribution in [3.8, 4) is 11.5 Å². The van der Waals surface area contributed by atoms with Crippen molar-refractivity contribution in [2.45, 2.75) is 6.92 Å². The van der Waals surface area contributed by atoms with Crippen LogP contribution < -0.4 is 25.4 Å². The lowest BCUT2D eigenvalue weighted by Crippen LogP contribution is -2.34. The fraction of sp³-hybridized carbons (Fsp3) is 0.125. The molecule has 0 fully saturated rings. The van der Waals surface area contributed by atoms with Crippen LogP contribution in [0, 0.1) is 6.92 Å². The molecule has 7 nitrogen and oxygen atoms in total. The number of rotatable bonds is 6. The Balaban J connectivity index is 1.63. The van der Waals surface area contributed by atoms with Gasteiger partial charge >= 0.3 is 0 Å². The van der Waals surface area contributed by atoms with Crippen molar-refractivity contribution < 1.29 is 19.1 Å². The first-order valence-corrected chi connectivity index (χ1v) is 10.1. The number of nitrogens with one attached hydrogen (secondary N) is 3. The van der Waals surface area contributed by atoms with Crippen molar-refractivity contribution >= 4 is 40.5 Å². The Hall–Kier alpha value is -3.91. The predicted molar refractivity (Wildman–Crippen MR) is 129 cm³/mol. The first-order chi connectivity index (χ1) is 15.4. The molecule has 32 heavy (non-hydrogen) atoms. The Labute approximate surface area is 191 Å². The van der Waals surface area contributed by atoms with Gasteiger partial charge in [-0.15, -0.1) is 0 Å². The molecule has 0 saturated heterocycles. The summed E-state index contributed by atoms with van der Waals surface area (Å²) in [6.45, 7) is 1.87. The van der Waals surface area contributed by atoms with Gasteiger partial charge in [0.05, 0.1) is 19.8 Å². The lowest BCUT2D eigenvalue weighted by Gasteiger charge is -2.14. The summed E-state index contributed by atoms with van der Waals surface area (Å²) >= 11 is 5.27. The van der Waals surface area contributed by atoms with Crippen LogP contribution in [0.5, 0.6) is 11.5 Å². The summed E-state index contributed by atoms with van der Waals surface area (Å²) < 4.78 is 10.4. The zero-order valence-corrected chi connectivity index (χ0v) is 18.7. The Morgan fingerprint density at radius 3 is 2.25 bits per heavy atom. The van der Waals surface area contributed by atoms with Crippen LogP contribution in [0.15, 0.2) is 66.7 Å². The van der Waals surface area contributed by atoms with Gasteiger partial charge in [-0.3, -0.25) is 14.9 Å². The second kappa shape index (κ2) is 10.4. The molecule has 3 aromatic carbocycles. The summed E-state index contributed by atoms with van der Waals surface area (Å²) in [4.78, 5) is 25.0. The van der Waals surface area contributed by atoms with E-state index in [4.69, 9.17) is 21.7 Å². The van der Waals surface area contributed by atoms with E-state index < -0.39 is 5.91 Å². The summed E-state index contributed by atoms with van der Waals surface area (Å²) in [5, 5.41) is 8.63. The molecule has 8 heteroatoms. The van der Waals surface area contributed by atoms with Crippen LogP contribution in [0.2, 0.25) is 0 Å². The third-order valence-electron chi connectivity index (χ3n) is 4.65.